The van der Waals surface area contributed by atoms with Crippen molar-refractivity contribution in [3.8, 4) is 5.69 Å². The second-order valence-corrected chi connectivity index (χ2v) is 9.00. The molecule has 0 aliphatic heterocycles. The van der Waals surface area contributed by atoms with Crippen molar-refractivity contribution in [2.24, 2.45) is 0 Å². The van der Waals surface area contributed by atoms with Gasteiger partial charge in [-0.15, -0.1) is 11.3 Å². The SMILES string of the molecule is Brc1cccc(-n2c3c(c4c5sc6ccccc6c5ccc42)=CCCC=3)c1. The lowest BCUT2D eigenvalue weighted by Gasteiger charge is -2.08. The van der Waals surface area contributed by atoms with Crippen molar-refractivity contribution in [2.45, 2.75) is 12.8 Å². The highest BCUT2D eigenvalue weighted by Gasteiger charge is 2.16. The molecule has 5 aromatic rings. The van der Waals surface area contributed by atoms with E-state index in [1.54, 1.807) is 0 Å². The van der Waals surface area contributed by atoms with Crippen LogP contribution in [0.4, 0.5) is 0 Å². The highest BCUT2D eigenvalue weighted by Crippen LogP contribution is 2.37. The molecule has 1 nitrogen and oxygen atoms in total. The van der Waals surface area contributed by atoms with Crippen LogP contribution in [0.2, 0.25) is 0 Å². The molecule has 0 radical (unpaired) electrons. The Morgan fingerprint density at radius 1 is 0.852 bits per heavy atom. The van der Waals surface area contributed by atoms with Gasteiger partial charge in [0.1, 0.15) is 0 Å². The summed E-state index contributed by atoms with van der Waals surface area (Å²) < 4.78 is 6.31. The molecule has 0 N–H and O–H groups in total. The molecule has 6 rings (SSSR count). The lowest BCUT2D eigenvalue weighted by molar-refractivity contribution is 1.02. The van der Waals surface area contributed by atoms with Gasteiger partial charge < -0.3 is 4.57 Å². The summed E-state index contributed by atoms with van der Waals surface area (Å²) >= 11 is 5.56. The van der Waals surface area contributed by atoms with Gasteiger partial charge >= 0.3 is 0 Å². The first-order valence-corrected chi connectivity index (χ1v) is 10.8. The van der Waals surface area contributed by atoms with Crippen LogP contribution in [0.1, 0.15) is 12.8 Å². The number of aromatic nitrogens is 1. The number of benzene rings is 3. The first-order chi connectivity index (χ1) is 13.3. The van der Waals surface area contributed by atoms with E-state index >= 15 is 0 Å². The van der Waals surface area contributed by atoms with E-state index in [4.69, 9.17) is 0 Å². The predicted molar refractivity (Wildman–Crippen MR) is 121 cm³/mol. The van der Waals surface area contributed by atoms with Gasteiger partial charge in [-0.2, -0.15) is 0 Å². The Bertz CT molecular complexity index is 1490. The Hall–Kier alpha value is -2.36. The van der Waals surface area contributed by atoms with E-state index in [1.807, 2.05) is 11.3 Å². The Labute approximate surface area is 169 Å². The highest BCUT2D eigenvalue weighted by molar-refractivity contribution is 9.10. The lowest BCUT2D eigenvalue weighted by atomic mass is 10.1. The van der Waals surface area contributed by atoms with Crippen molar-refractivity contribution in [1.29, 1.82) is 0 Å². The van der Waals surface area contributed by atoms with Crippen LogP contribution in [-0.4, -0.2) is 4.57 Å². The summed E-state index contributed by atoms with van der Waals surface area (Å²) in [5.74, 6) is 0. The number of fused-ring (bicyclic) bond motifs is 7. The van der Waals surface area contributed by atoms with Crippen LogP contribution < -0.4 is 10.6 Å². The fraction of sp³-hybridized carbons (Fsp3) is 0.0833. The zero-order valence-electron chi connectivity index (χ0n) is 14.6. The Morgan fingerprint density at radius 3 is 2.67 bits per heavy atom. The van der Waals surface area contributed by atoms with Crippen LogP contribution in [0.25, 0.3) is 48.9 Å². The molecule has 3 aromatic carbocycles. The minimum absolute atomic E-state index is 1.10. The van der Waals surface area contributed by atoms with Gasteiger partial charge in [0.05, 0.1) is 5.52 Å². The first kappa shape index (κ1) is 15.7. The van der Waals surface area contributed by atoms with Crippen LogP contribution in [0.15, 0.2) is 65.1 Å². The number of nitrogens with zero attached hydrogens (tertiary/aromatic N) is 1. The molecule has 0 fully saturated rings. The van der Waals surface area contributed by atoms with Crippen LogP contribution in [0.5, 0.6) is 0 Å². The number of thiophene rings is 1. The van der Waals surface area contributed by atoms with E-state index in [-0.39, 0.29) is 0 Å². The minimum atomic E-state index is 1.10. The van der Waals surface area contributed by atoms with E-state index in [1.165, 1.54) is 47.3 Å². The van der Waals surface area contributed by atoms with Crippen LogP contribution in [0, 0.1) is 0 Å². The second-order valence-electron chi connectivity index (χ2n) is 7.03. The Balaban J connectivity index is 1.87. The van der Waals surface area contributed by atoms with Gasteiger partial charge in [0, 0.05) is 46.3 Å². The average Bonchev–Trinajstić information content (AvgIpc) is 3.23. The average molecular weight is 430 g/mol. The Morgan fingerprint density at radius 2 is 1.74 bits per heavy atom. The smallest absolute Gasteiger partial charge is 0.0555 e. The second kappa shape index (κ2) is 5.82. The van der Waals surface area contributed by atoms with Gasteiger partial charge in [-0.25, -0.2) is 0 Å². The quantitative estimate of drug-likeness (QED) is 0.302. The normalized spacial score (nSPS) is 13.7. The molecule has 0 spiro atoms. The standard InChI is InChI=1S/C24H16BrNS/c25-15-6-5-7-16(14-15)26-20-10-3-1-9-19(20)23-21(26)13-12-18-17-8-2-4-11-22(17)27-24(18)23/h2,4-14H,1,3H2. The predicted octanol–water partition coefficient (Wildman–Crippen LogP) is 6.12. The zero-order chi connectivity index (χ0) is 18.0. The van der Waals surface area contributed by atoms with Gasteiger partial charge in [0.25, 0.3) is 0 Å². The molecule has 2 heterocycles. The van der Waals surface area contributed by atoms with Gasteiger partial charge in [0.15, 0.2) is 0 Å². The van der Waals surface area contributed by atoms with Gasteiger partial charge in [0.2, 0.25) is 0 Å². The summed E-state index contributed by atoms with van der Waals surface area (Å²) in [7, 11) is 0. The molecule has 0 amide bonds. The minimum Gasteiger partial charge on any atom is -0.309 e. The fourth-order valence-corrected chi connectivity index (χ4v) is 6.00. The van der Waals surface area contributed by atoms with E-state index in [2.05, 4.69) is 93.3 Å². The van der Waals surface area contributed by atoms with E-state index in [0.29, 0.717) is 0 Å². The largest absolute Gasteiger partial charge is 0.309 e. The summed E-state index contributed by atoms with van der Waals surface area (Å²) in [4.78, 5) is 0. The molecule has 1 aliphatic rings. The zero-order valence-corrected chi connectivity index (χ0v) is 17.0. The third kappa shape index (κ3) is 2.22. The maximum Gasteiger partial charge on any atom is 0.0555 e. The molecule has 0 atom stereocenters. The summed E-state index contributed by atoms with van der Waals surface area (Å²) in [6, 6.07) is 22.0. The molecule has 0 bridgehead atoms. The number of halogens is 1. The molecule has 0 unspecified atom stereocenters. The van der Waals surface area contributed by atoms with Crippen molar-refractivity contribution in [1.82, 2.24) is 4.57 Å². The third-order valence-corrected chi connectivity index (χ3v) is 7.17. The van der Waals surface area contributed by atoms with E-state index < -0.39 is 0 Å². The van der Waals surface area contributed by atoms with Crippen molar-refractivity contribution in [3.63, 3.8) is 0 Å². The first-order valence-electron chi connectivity index (χ1n) is 9.22. The van der Waals surface area contributed by atoms with Crippen LogP contribution >= 0.6 is 27.3 Å². The summed E-state index contributed by atoms with van der Waals surface area (Å²) in [5, 5.41) is 6.87. The van der Waals surface area contributed by atoms with Crippen molar-refractivity contribution in [3.05, 3.63) is 75.7 Å². The van der Waals surface area contributed by atoms with E-state index in [9.17, 15) is 0 Å². The molecular formula is C24H16BrNS. The molecule has 27 heavy (non-hydrogen) atoms. The van der Waals surface area contributed by atoms with Crippen molar-refractivity contribution < 1.29 is 0 Å². The monoisotopic (exact) mass is 429 g/mol. The fourth-order valence-electron chi connectivity index (χ4n) is 4.35. The third-order valence-electron chi connectivity index (χ3n) is 5.47. The topological polar surface area (TPSA) is 4.93 Å². The van der Waals surface area contributed by atoms with E-state index in [0.717, 1.165) is 17.3 Å². The van der Waals surface area contributed by atoms with Gasteiger partial charge in [-0.1, -0.05) is 58.4 Å². The molecule has 0 saturated heterocycles. The van der Waals surface area contributed by atoms with Crippen LogP contribution in [-0.2, 0) is 0 Å². The molecular weight excluding hydrogens is 414 g/mol. The maximum atomic E-state index is 3.64. The Kier molecular flexibility index (Phi) is 3.38. The molecule has 3 heteroatoms. The number of hydrogen-bond acceptors (Lipinski definition) is 1. The molecule has 0 saturated carbocycles. The molecule has 130 valence electrons. The molecule has 2 aromatic heterocycles. The number of rotatable bonds is 1. The summed E-state index contributed by atoms with van der Waals surface area (Å²) in [6.45, 7) is 0. The van der Waals surface area contributed by atoms with Gasteiger partial charge in [-0.3, -0.25) is 0 Å². The van der Waals surface area contributed by atoms with Crippen molar-refractivity contribution >= 4 is 70.5 Å². The maximum absolute atomic E-state index is 3.64. The van der Waals surface area contributed by atoms with Gasteiger partial charge in [-0.05, 0) is 43.2 Å². The lowest BCUT2D eigenvalue weighted by Crippen LogP contribution is -2.30. The summed E-state index contributed by atoms with van der Waals surface area (Å²) in [6.07, 6.45) is 7.05. The van der Waals surface area contributed by atoms with Crippen LogP contribution in [0.3, 0.4) is 0 Å². The summed E-state index contributed by atoms with van der Waals surface area (Å²) in [5.41, 5.74) is 2.51. The highest BCUT2D eigenvalue weighted by atomic mass is 79.9. The number of hydrogen-bond donors (Lipinski definition) is 0. The van der Waals surface area contributed by atoms with Crippen molar-refractivity contribution in [2.75, 3.05) is 0 Å². The molecule has 1 aliphatic carbocycles.